The lowest BCUT2D eigenvalue weighted by molar-refractivity contribution is 0.270. The highest BCUT2D eigenvalue weighted by Crippen LogP contribution is 2.26. The first-order valence-corrected chi connectivity index (χ1v) is 6.12. The average molecular weight is 296 g/mol. The van der Waals surface area contributed by atoms with Crippen molar-refractivity contribution in [1.82, 2.24) is 9.78 Å². The molecule has 0 aliphatic carbocycles. The lowest BCUT2D eigenvalue weighted by Crippen LogP contribution is -2.07. The summed E-state index contributed by atoms with van der Waals surface area (Å²) in [6.45, 7) is 2.48. The van der Waals surface area contributed by atoms with E-state index in [0.29, 0.717) is 12.4 Å². The molecular formula is C12H14BrN3O. The van der Waals surface area contributed by atoms with Crippen LogP contribution in [0, 0.1) is 6.92 Å². The Morgan fingerprint density at radius 1 is 1.41 bits per heavy atom. The predicted molar refractivity (Wildman–Crippen MR) is 71.6 cm³/mol. The van der Waals surface area contributed by atoms with Gasteiger partial charge in [0.15, 0.2) is 0 Å². The van der Waals surface area contributed by atoms with Gasteiger partial charge in [0.05, 0.1) is 18.8 Å². The molecule has 1 aromatic heterocycles. The van der Waals surface area contributed by atoms with Crippen LogP contribution in [0.15, 0.2) is 28.7 Å². The number of aliphatic hydroxyl groups excluding tert-OH is 1. The van der Waals surface area contributed by atoms with E-state index in [1.165, 1.54) is 0 Å². The third-order valence-electron chi connectivity index (χ3n) is 2.59. The summed E-state index contributed by atoms with van der Waals surface area (Å²) in [7, 11) is 0. The first-order valence-electron chi connectivity index (χ1n) is 5.32. The molecule has 0 spiro atoms. The van der Waals surface area contributed by atoms with Gasteiger partial charge in [-0.3, -0.25) is 0 Å². The zero-order chi connectivity index (χ0) is 12.4. The number of nitrogens with zero attached hydrogens (tertiary/aromatic N) is 2. The van der Waals surface area contributed by atoms with Crippen LogP contribution in [0.3, 0.4) is 0 Å². The first kappa shape index (κ1) is 12.1. The molecule has 5 heteroatoms. The standard InChI is InChI=1S/C12H14BrN3O/c1-8-6-9(13)2-3-10(8)11-7-12(14)16(15-11)4-5-17/h2-3,6-7,17H,4-5,14H2,1H3. The third-order valence-corrected chi connectivity index (χ3v) is 3.08. The van der Waals surface area contributed by atoms with Crippen molar-refractivity contribution >= 4 is 21.7 Å². The van der Waals surface area contributed by atoms with E-state index in [9.17, 15) is 0 Å². The van der Waals surface area contributed by atoms with Gasteiger partial charge in [-0.2, -0.15) is 5.10 Å². The summed E-state index contributed by atoms with van der Waals surface area (Å²) >= 11 is 3.43. The summed E-state index contributed by atoms with van der Waals surface area (Å²) in [5.41, 5.74) is 8.84. The minimum absolute atomic E-state index is 0.0324. The SMILES string of the molecule is Cc1cc(Br)ccc1-c1cc(N)n(CCO)n1. The van der Waals surface area contributed by atoms with Crippen LogP contribution >= 0.6 is 15.9 Å². The van der Waals surface area contributed by atoms with Crippen LogP contribution in [-0.4, -0.2) is 21.5 Å². The van der Waals surface area contributed by atoms with Crippen molar-refractivity contribution < 1.29 is 5.11 Å². The highest BCUT2D eigenvalue weighted by Gasteiger charge is 2.09. The van der Waals surface area contributed by atoms with E-state index >= 15 is 0 Å². The summed E-state index contributed by atoms with van der Waals surface area (Å²) in [4.78, 5) is 0. The van der Waals surface area contributed by atoms with Crippen molar-refractivity contribution in [1.29, 1.82) is 0 Å². The van der Waals surface area contributed by atoms with E-state index in [0.717, 1.165) is 21.3 Å². The minimum atomic E-state index is 0.0324. The fraction of sp³-hybridized carbons (Fsp3) is 0.250. The van der Waals surface area contributed by atoms with E-state index in [4.69, 9.17) is 10.8 Å². The molecule has 2 aromatic rings. The van der Waals surface area contributed by atoms with E-state index < -0.39 is 0 Å². The highest BCUT2D eigenvalue weighted by atomic mass is 79.9. The molecule has 4 nitrogen and oxygen atoms in total. The first-order chi connectivity index (χ1) is 8.11. The molecule has 17 heavy (non-hydrogen) atoms. The largest absolute Gasteiger partial charge is 0.394 e. The summed E-state index contributed by atoms with van der Waals surface area (Å²) < 4.78 is 2.65. The van der Waals surface area contributed by atoms with Crippen LogP contribution in [0.5, 0.6) is 0 Å². The number of nitrogens with two attached hydrogens (primary N) is 1. The number of benzene rings is 1. The summed E-state index contributed by atoms with van der Waals surface area (Å²) in [5, 5.41) is 13.3. The smallest absolute Gasteiger partial charge is 0.122 e. The predicted octanol–water partition coefficient (Wildman–Crippen LogP) is 2.20. The van der Waals surface area contributed by atoms with Crippen LogP contribution in [0.2, 0.25) is 0 Å². The Kier molecular flexibility index (Phi) is 3.49. The topological polar surface area (TPSA) is 64.1 Å². The van der Waals surface area contributed by atoms with Gasteiger partial charge in [0.2, 0.25) is 0 Å². The number of hydrogen-bond acceptors (Lipinski definition) is 3. The van der Waals surface area contributed by atoms with Crippen molar-refractivity contribution in [3.63, 3.8) is 0 Å². The molecule has 0 aliphatic heterocycles. The molecule has 0 amide bonds. The molecule has 0 saturated heterocycles. The molecule has 3 N–H and O–H groups in total. The fourth-order valence-corrected chi connectivity index (χ4v) is 2.23. The van der Waals surface area contributed by atoms with Crippen LogP contribution < -0.4 is 5.73 Å². The van der Waals surface area contributed by atoms with Crippen molar-refractivity contribution in [3.05, 3.63) is 34.3 Å². The van der Waals surface area contributed by atoms with Gasteiger partial charge in [0.25, 0.3) is 0 Å². The quantitative estimate of drug-likeness (QED) is 0.912. The molecule has 0 saturated carbocycles. The Bertz CT molecular complexity index is 537. The molecule has 0 bridgehead atoms. The van der Waals surface area contributed by atoms with E-state index in [2.05, 4.69) is 21.0 Å². The molecule has 0 fully saturated rings. The Hall–Kier alpha value is -1.33. The van der Waals surface area contributed by atoms with Crippen LogP contribution in [0.1, 0.15) is 5.56 Å². The zero-order valence-electron chi connectivity index (χ0n) is 9.52. The van der Waals surface area contributed by atoms with Gasteiger partial charge in [-0.15, -0.1) is 0 Å². The third kappa shape index (κ3) is 2.50. The minimum Gasteiger partial charge on any atom is -0.394 e. The molecule has 0 radical (unpaired) electrons. The number of aromatic nitrogens is 2. The molecule has 90 valence electrons. The number of aryl methyl sites for hydroxylation is 1. The van der Waals surface area contributed by atoms with Gasteiger partial charge in [0, 0.05) is 16.1 Å². The second-order valence-electron chi connectivity index (χ2n) is 3.86. The Labute approximate surface area is 108 Å². The number of nitrogen functional groups attached to an aromatic ring is 1. The maximum atomic E-state index is 8.89. The molecule has 2 rings (SSSR count). The normalized spacial score (nSPS) is 10.8. The second-order valence-corrected chi connectivity index (χ2v) is 4.78. The van der Waals surface area contributed by atoms with Crippen LogP contribution in [-0.2, 0) is 6.54 Å². The molecule has 0 unspecified atom stereocenters. The van der Waals surface area contributed by atoms with Crippen LogP contribution in [0.25, 0.3) is 11.3 Å². The van der Waals surface area contributed by atoms with Crippen molar-refractivity contribution in [2.24, 2.45) is 0 Å². The maximum absolute atomic E-state index is 8.89. The number of anilines is 1. The average Bonchev–Trinajstić information content (AvgIpc) is 2.60. The zero-order valence-corrected chi connectivity index (χ0v) is 11.1. The summed E-state index contributed by atoms with van der Waals surface area (Å²) in [6, 6.07) is 7.84. The second kappa shape index (κ2) is 4.89. The molecule has 1 aromatic carbocycles. The Balaban J connectivity index is 2.42. The highest BCUT2D eigenvalue weighted by molar-refractivity contribution is 9.10. The number of aliphatic hydroxyl groups is 1. The summed E-state index contributed by atoms with van der Waals surface area (Å²) in [6.07, 6.45) is 0. The van der Waals surface area contributed by atoms with Crippen molar-refractivity contribution in [2.75, 3.05) is 12.3 Å². The van der Waals surface area contributed by atoms with Gasteiger partial charge < -0.3 is 10.8 Å². The van der Waals surface area contributed by atoms with E-state index in [1.54, 1.807) is 4.68 Å². The van der Waals surface area contributed by atoms with E-state index in [1.807, 2.05) is 31.2 Å². The summed E-state index contributed by atoms with van der Waals surface area (Å²) in [5.74, 6) is 0.566. The van der Waals surface area contributed by atoms with Gasteiger partial charge in [-0.05, 0) is 24.6 Å². The Morgan fingerprint density at radius 2 is 2.18 bits per heavy atom. The van der Waals surface area contributed by atoms with Gasteiger partial charge in [-0.1, -0.05) is 22.0 Å². The number of halogens is 1. The lowest BCUT2D eigenvalue weighted by atomic mass is 10.1. The monoisotopic (exact) mass is 295 g/mol. The van der Waals surface area contributed by atoms with Crippen molar-refractivity contribution in [2.45, 2.75) is 13.5 Å². The molecule has 0 atom stereocenters. The van der Waals surface area contributed by atoms with E-state index in [-0.39, 0.29) is 6.61 Å². The molecule has 1 heterocycles. The number of rotatable bonds is 3. The Morgan fingerprint density at radius 3 is 2.82 bits per heavy atom. The molecular weight excluding hydrogens is 282 g/mol. The van der Waals surface area contributed by atoms with Crippen molar-refractivity contribution in [3.8, 4) is 11.3 Å². The fourth-order valence-electron chi connectivity index (χ4n) is 1.75. The van der Waals surface area contributed by atoms with Crippen LogP contribution in [0.4, 0.5) is 5.82 Å². The lowest BCUT2D eigenvalue weighted by Gasteiger charge is -2.03. The maximum Gasteiger partial charge on any atom is 0.122 e. The van der Waals surface area contributed by atoms with Gasteiger partial charge >= 0.3 is 0 Å². The van der Waals surface area contributed by atoms with Gasteiger partial charge in [-0.25, -0.2) is 4.68 Å². The number of hydrogen-bond donors (Lipinski definition) is 2. The van der Waals surface area contributed by atoms with Gasteiger partial charge in [0.1, 0.15) is 5.82 Å². The molecule has 0 aliphatic rings.